The number of hydrogen-bond donors (Lipinski definition) is 2. The van der Waals surface area contributed by atoms with Crippen LogP contribution in [-0.2, 0) is 19.0 Å². The molecule has 2 amide bonds. The lowest BCUT2D eigenvalue weighted by atomic mass is 9.49. The molecule has 1 saturated carbocycles. The quantitative estimate of drug-likeness (QED) is 0.0756. The van der Waals surface area contributed by atoms with Crippen LogP contribution in [0.15, 0.2) is 59.9 Å². The number of nitriles is 1. The number of rotatable bonds is 19. The predicted octanol–water partition coefficient (Wildman–Crippen LogP) is 8.20. The number of carbonyl (C=O) groups is 2. The number of carbonyl (C=O) groups excluding carboxylic acids is 2. The smallest absolute Gasteiger partial charge is 0.254 e. The summed E-state index contributed by atoms with van der Waals surface area (Å²) in [7, 11) is 0. The SMILES string of the molecule is Cc1sc2c(c1C)C(c1ccc(Cl)cc1)=N[C@@H](CC(=O)NCCOCCOCCOCC1CCN(c3ncc(C(=O)NC4C(C)(C)C(Oc5ccc(C#N)c(Cl)c5)C4(C)C)cn3)CC1)c1nnc(C)n1-2. The minimum absolute atomic E-state index is 0.104. The Bertz CT molecular complexity index is 2730. The fraction of sp³-hybridized carbons (Fsp3) is 0.490. The van der Waals surface area contributed by atoms with Crippen molar-refractivity contribution in [3.63, 3.8) is 0 Å². The third kappa shape index (κ3) is 11.0. The first-order valence-electron chi connectivity index (χ1n) is 23.7. The molecule has 2 N–H and O–H groups in total. The summed E-state index contributed by atoms with van der Waals surface area (Å²) in [4.78, 5) is 44.3. The minimum atomic E-state index is -0.543. The van der Waals surface area contributed by atoms with Crippen LogP contribution in [0.2, 0.25) is 10.0 Å². The first-order valence-corrected chi connectivity index (χ1v) is 25.2. The molecule has 8 rings (SSSR count). The molecule has 0 bridgehead atoms. The lowest BCUT2D eigenvalue weighted by Gasteiger charge is -2.63. The Labute approximate surface area is 423 Å². The van der Waals surface area contributed by atoms with Crippen LogP contribution < -0.4 is 20.3 Å². The lowest BCUT2D eigenvalue weighted by Crippen LogP contribution is -2.74. The highest BCUT2D eigenvalue weighted by molar-refractivity contribution is 7.15. The Morgan fingerprint density at radius 3 is 2.24 bits per heavy atom. The van der Waals surface area contributed by atoms with Gasteiger partial charge in [0.1, 0.15) is 34.8 Å². The first kappa shape index (κ1) is 50.9. The summed E-state index contributed by atoms with van der Waals surface area (Å²) in [5, 5.41) is 26.3. The van der Waals surface area contributed by atoms with Gasteiger partial charge >= 0.3 is 0 Å². The van der Waals surface area contributed by atoms with E-state index in [1.54, 1.807) is 41.9 Å². The fourth-order valence-electron chi connectivity index (χ4n) is 10.0. The van der Waals surface area contributed by atoms with Crippen molar-refractivity contribution in [1.29, 1.82) is 5.26 Å². The Hall–Kier alpha value is -5.48. The third-order valence-electron chi connectivity index (χ3n) is 13.6. The van der Waals surface area contributed by atoms with E-state index in [9.17, 15) is 14.9 Å². The van der Waals surface area contributed by atoms with Crippen LogP contribution in [0.1, 0.15) is 102 Å². The summed E-state index contributed by atoms with van der Waals surface area (Å²) in [5.74, 6) is 2.58. The summed E-state index contributed by atoms with van der Waals surface area (Å²) < 4.78 is 25.8. The van der Waals surface area contributed by atoms with Gasteiger partial charge in [-0.1, -0.05) is 63.0 Å². The molecular weight excluding hydrogens is 952 g/mol. The number of benzene rings is 2. The molecule has 370 valence electrons. The average molecular weight is 1010 g/mol. The van der Waals surface area contributed by atoms with Crippen molar-refractivity contribution in [1.82, 2.24) is 35.4 Å². The maximum Gasteiger partial charge on any atom is 0.254 e. The highest BCUT2D eigenvalue weighted by atomic mass is 35.5. The lowest BCUT2D eigenvalue weighted by molar-refractivity contribution is -0.164. The molecule has 2 aliphatic heterocycles. The molecular formula is C51H60Cl2N10O6S. The molecule has 1 aliphatic carbocycles. The van der Waals surface area contributed by atoms with Crippen LogP contribution in [0.25, 0.3) is 5.00 Å². The number of hydrogen-bond acceptors (Lipinski definition) is 14. The molecule has 0 spiro atoms. The van der Waals surface area contributed by atoms with Crippen LogP contribution in [0.3, 0.4) is 0 Å². The van der Waals surface area contributed by atoms with Gasteiger partial charge < -0.3 is 34.5 Å². The summed E-state index contributed by atoms with van der Waals surface area (Å²) in [6, 6.07) is 14.0. The minimum Gasteiger partial charge on any atom is -0.489 e. The van der Waals surface area contributed by atoms with Gasteiger partial charge in [0.05, 0.1) is 61.3 Å². The second kappa shape index (κ2) is 21.9. The number of piperidine rings is 1. The van der Waals surface area contributed by atoms with Crippen molar-refractivity contribution in [2.45, 2.75) is 85.9 Å². The molecule has 1 atom stereocenters. The van der Waals surface area contributed by atoms with Crippen molar-refractivity contribution in [2.75, 3.05) is 64.2 Å². The van der Waals surface area contributed by atoms with Crippen LogP contribution in [0.5, 0.6) is 5.75 Å². The predicted molar refractivity (Wildman–Crippen MR) is 270 cm³/mol. The molecule has 19 heteroatoms. The van der Waals surface area contributed by atoms with Gasteiger partial charge in [0.2, 0.25) is 11.9 Å². The molecule has 70 heavy (non-hydrogen) atoms. The summed E-state index contributed by atoms with van der Waals surface area (Å²) in [6.45, 7) is 19.1. The van der Waals surface area contributed by atoms with E-state index >= 15 is 0 Å². The second-order valence-electron chi connectivity index (χ2n) is 19.3. The standard InChI is InChI=1S/C51H60Cl2N10O6S/c1-30-31(2)70-46-42(30)43(34-8-11-37(52)12-9-34)58-40(44-61-60-32(3)63(44)46)25-41(64)55-16-19-66-20-21-67-22-23-68-29-33-14-17-62(18-15-33)49-56-27-36(28-57-49)45(65)59-47-50(4,5)48(51(47,6)7)69-38-13-10-35(26-54)39(53)24-38/h8-13,24,27-28,33,40,47-48H,14-23,25,29H2,1-7H3,(H,55,64)(H,59,65)/t40-,47?,48?/m0/s1. The Morgan fingerprint density at radius 2 is 1.57 bits per heavy atom. The molecule has 1 saturated heterocycles. The Kier molecular flexibility index (Phi) is 15.9. The molecule has 5 heterocycles. The number of nitrogens with one attached hydrogen (secondary N) is 2. The van der Waals surface area contributed by atoms with Crippen molar-refractivity contribution in [2.24, 2.45) is 21.7 Å². The van der Waals surface area contributed by atoms with Gasteiger partial charge in [-0.3, -0.25) is 19.1 Å². The topological polar surface area (TPSA) is 191 Å². The Balaban J connectivity index is 0.690. The van der Waals surface area contributed by atoms with E-state index in [4.69, 9.17) is 47.1 Å². The molecule has 3 aromatic heterocycles. The van der Waals surface area contributed by atoms with E-state index < -0.39 is 6.04 Å². The van der Waals surface area contributed by atoms with Gasteiger partial charge in [0.25, 0.3) is 5.91 Å². The zero-order valence-electron chi connectivity index (χ0n) is 40.7. The van der Waals surface area contributed by atoms with Crippen LogP contribution in [0.4, 0.5) is 5.95 Å². The number of ether oxygens (including phenoxy) is 4. The number of aliphatic imine (C=N–C) groups is 1. The fourth-order valence-corrected chi connectivity index (χ4v) is 11.6. The number of thiophene rings is 1. The number of halogens is 2. The summed E-state index contributed by atoms with van der Waals surface area (Å²) >= 11 is 14.2. The highest BCUT2D eigenvalue weighted by Crippen LogP contribution is 2.55. The maximum atomic E-state index is 13.4. The number of nitrogens with zero attached hydrogens (tertiary/aromatic N) is 8. The average Bonchev–Trinajstić information content (AvgIpc) is 3.83. The van der Waals surface area contributed by atoms with Gasteiger partial charge in [0.15, 0.2) is 5.82 Å². The van der Waals surface area contributed by atoms with Crippen molar-refractivity contribution in [3.8, 4) is 16.8 Å². The van der Waals surface area contributed by atoms with E-state index in [0.29, 0.717) is 90.8 Å². The van der Waals surface area contributed by atoms with E-state index in [0.717, 1.165) is 59.2 Å². The monoisotopic (exact) mass is 1010 g/mol. The van der Waals surface area contributed by atoms with Gasteiger partial charge in [-0.05, 0) is 69.4 Å². The van der Waals surface area contributed by atoms with E-state index in [1.165, 1.54) is 4.88 Å². The first-order chi connectivity index (χ1) is 33.6. The van der Waals surface area contributed by atoms with Crippen LogP contribution >= 0.6 is 34.5 Å². The van der Waals surface area contributed by atoms with Gasteiger partial charge in [0, 0.05) is 82.6 Å². The molecule has 5 aromatic rings. The number of fused-ring (bicyclic) bond motifs is 3. The summed E-state index contributed by atoms with van der Waals surface area (Å²) in [6.07, 6.45) is 4.95. The maximum absolute atomic E-state index is 13.4. The van der Waals surface area contributed by atoms with Crippen molar-refractivity contribution < 1.29 is 28.5 Å². The number of amides is 2. The van der Waals surface area contributed by atoms with E-state index in [1.807, 2.05) is 35.8 Å². The molecule has 0 radical (unpaired) electrons. The van der Waals surface area contributed by atoms with Crippen LogP contribution in [-0.4, -0.2) is 114 Å². The highest BCUT2D eigenvalue weighted by Gasteiger charge is 2.64. The summed E-state index contributed by atoms with van der Waals surface area (Å²) in [5.41, 5.74) is 3.89. The third-order valence-corrected chi connectivity index (χ3v) is 15.4. The normalized spacial score (nSPS) is 19.2. The molecule has 2 aromatic carbocycles. The molecule has 16 nitrogen and oxygen atoms in total. The number of aryl methyl sites for hydroxylation is 2. The largest absolute Gasteiger partial charge is 0.489 e. The zero-order valence-corrected chi connectivity index (χ0v) is 43.0. The van der Waals surface area contributed by atoms with E-state index in [-0.39, 0.29) is 41.2 Å². The van der Waals surface area contributed by atoms with E-state index in [2.05, 4.69) is 83.3 Å². The van der Waals surface area contributed by atoms with Crippen molar-refractivity contribution >= 4 is 58.0 Å². The Morgan fingerprint density at radius 1 is 0.900 bits per heavy atom. The molecule has 0 unspecified atom stereocenters. The van der Waals surface area contributed by atoms with Gasteiger partial charge in [-0.15, -0.1) is 21.5 Å². The van der Waals surface area contributed by atoms with Gasteiger partial charge in [-0.2, -0.15) is 5.26 Å². The molecule has 3 aliphatic rings. The molecule has 2 fully saturated rings. The van der Waals surface area contributed by atoms with Crippen LogP contribution in [0, 0.1) is 48.9 Å². The number of aromatic nitrogens is 5. The second-order valence-corrected chi connectivity index (χ2v) is 21.3. The van der Waals surface area contributed by atoms with Gasteiger partial charge in [-0.25, -0.2) is 9.97 Å². The van der Waals surface area contributed by atoms with Crippen molar-refractivity contribution in [3.05, 3.63) is 109 Å². The number of anilines is 1. The zero-order chi connectivity index (χ0) is 49.7.